The minimum Gasteiger partial charge on any atom is -0.508 e. The van der Waals surface area contributed by atoms with E-state index in [1.54, 1.807) is 69.0 Å². The largest absolute Gasteiger partial charge is 0.508 e. The SMILES string of the molecule is CC(C)CCCC(C)C1CCC2C3CC=C4CC(OC(=O)CNC(=O)C(NC(=O)C5CSSCC(NC(=O)C(Cc6ccc7ccccc7c6)NC(=O)C6CCCN6C(=O)C6CCCN6C(=O)C6=CN(C)C=CC6)C(=O)NC(Cc6ccc(O)cc6)C(=O)NC(CC6=CNC7C=CC=CC67)C(=O)CNC(CCCCNC(=O)OC(C)(C)C)C(=O)NC(C(C)C)C(=O)N5)C(C)O)CCC4(C)C3CCC12C.[2HH].[2HH]. The second kappa shape index (κ2) is 47.8. The lowest BCUT2D eigenvalue weighted by atomic mass is 9.47. The molecule has 6 fully saturated rings. The van der Waals surface area contributed by atoms with Crippen LogP contribution in [-0.2, 0) is 79.8 Å². The number of phenolic OH excluding ortho intramolecular Hbond substituents is 1. The molecule has 11 amide bonds. The van der Waals surface area contributed by atoms with Crippen LogP contribution in [-0.4, -0.2) is 237 Å². The van der Waals surface area contributed by atoms with Crippen LogP contribution in [0, 0.1) is 58.2 Å². The summed E-state index contributed by atoms with van der Waals surface area (Å²) in [6.45, 7) is 21.4. The van der Waals surface area contributed by atoms with E-state index in [-0.39, 0.29) is 95.0 Å². The molecule has 13 N–H and O–H groups in total. The van der Waals surface area contributed by atoms with E-state index in [0.717, 1.165) is 56.7 Å². The molecule has 5 aliphatic heterocycles. The summed E-state index contributed by atoms with van der Waals surface area (Å²) in [5, 5.41) is 55.6. The molecule has 0 spiro atoms. The number of ketones is 1. The summed E-state index contributed by atoms with van der Waals surface area (Å²) < 4.78 is 11.6. The average molecular weight is 1960 g/mol. The number of benzene rings is 3. The third-order valence-electron chi connectivity index (χ3n) is 30.5. The molecule has 0 bridgehead atoms. The normalized spacial score (nSPS) is 28.9. The van der Waals surface area contributed by atoms with Gasteiger partial charge in [-0.2, -0.15) is 0 Å². The number of ether oxygens (including phenoxy) is 2. The van der Waals surface area contributed by atoms with Crippen molar-refractivity contribution >= 4 is 109 Å². The summed E-state index contributed by atoms with van der Waals surface area (Å²) in [5.74, 6) is -6.82. The number of nitrogens with zero attached hydrogens (tertiary/aromatic N) is 3. The van der Waals surface area contributed by atoms with Crippen LogP contribution in [0.1, 0.15) is 219 Å². The predicted molar refractivity (Wildman–Crippen MR) is 540 cm³/mol. The van der Waals surface area contributed by atoms with E-state index in [0.29, 0.717) is 103 Å². The first-order valence-electron chi connectivity index (χ1n) is 50.5. The average Bonchev–Trinajstić information content (AvgIpc) is 1.63. The Bertz CT molecular complexity index is 5160. The van der Waals surface area contributed by atoms with Gasteiger partial charge in [0.05, 0.1) is 30.8 Å². The van der Waals surface area contributed by atoms with E-state index >= 15 is 38.4 Å². The molecule has 33 heteroatoms. The van der Waals surface area contributed by atoms with Crippen molar-refractivity contribution in [3.8, 4) is 5.75 Å². The summed E-state index contributed by atoms with van der Waals surface area (Å²) in [5.41, 5.74) is 3.11. The Balaban J connectivity index is 0.00000950. The number of aliphatic hydroxyl groups excluding tert-OH is 1. The van der Waals surface area contributed by atoms with Crippen LogP contribution in [0.2, 0.25) is 0 Å². The summed E-state index contributed by atoms with van der Waals surface area (Å²) in [7, 11) is 3.70. The van der Waals surface area contributed by atoms with E-state index in [1.807, 2.05) is 86.1 Å². The predicted octanol–water partition coefficient (Wildman–Crippen LogP) is 10.6. The molecule has 10 aliphatic rings. The standard InChI is InChI=1S/C106H148N14O17S2.2H2/c1-62(2)23-19-24-64(5)77-41-42-78-76-40-37-72-55-74(43-45-105(72,10)79(76)44-46-106(77,78)11)136-90(124)58-110-99(131)92(65(6)121)117-97(129)86-61-139-138-60-85(114-95(127)84(53-67-33-36-68-25-13-14-26-69(68)51-67)113-98(130)87-31-21-49-119(87)102(134)88-32-22-50-120(88)101(133)70-27-20-48-118(12)59-70)96(128)112-83(52-66-34-38-73(122)39-35-66)94(126)111-82(54-71-56-108-80-29-16-15-28-75(71)80)89(123)57-109-81(93(125)116-91(63(3)4)100(132)115-86)30-17-18-47-107-103(135)137-104(7,8)9;;/h13-16,20,25-26,28-29,33-39,48,51,56,59,62-65,74-88,91-92,108-109,121-122H,17-19,21-24,27,30-32,40-47,49-50,52-55,57-58,60-61H2,1-12H3,(H,107,135)(H,110,131)(H,111,126)(H,112,128)(H,113,130)(H,114,127)(H,115,132)(H,116,125)(H,117,129);2*1H/i;2*1+1. The number of likely N-dealkylation sites (tertiary alicyclic amines) is 2. The highest BCUT2D eigenvalue weighted by Crippen LogP contribution is 2.67. The van der Waals surface area contributed by atoms with E-state index in [1.165, 1.54) is 74.5 Å². The maximum Gasteiger partial charge on any atom is 0.407 e. The van der Waals surface area contributed by atoms with Crippen LogP contribution in [0.15, 0.2) is 139 Å². The number of rotatable bonds is 30. The van der Waals surface area contributed by atoms with E-state index in [4.69, 9.17) is 9.47 Å². The number of nitrogens with one attached hydrogen (secondary N) is 11. The van der Waals surface area contributed by atoms with E-state index < -0.39 is 168 Å². The fraction of sp³-hybridized carbons (Fsp3) is 0.613. The number of fused-ring (bicyclic) bond motifs is 7. The van der Waals surface area contributed by atoms with Gasteiger partial charge in [0.25, 0.3) is 5.91 Å². The maximum atomic E-state index is 16.0. The van der Waals surface area contributed by atoms with Gasteiger partial charge in [0.2, 0.25) is 53.2 Å². The number of esters is 1. The number of amides is 11. The number of hydrogen-bond acceptors (Lipinski definition) is 22. The molecule has 760 valence electrons. The van der Waals surface area contributed by atoms with Crippen LogP contribution in [0.3, 0.4) is 0 Å². The molecule has 3 saturated heterocycles. The highest BCUT2D eigenvalue weighted by atomic mass is 33.1. The van der Waals surface area contributed by atoms with Gasteiger partial charge in [-0.05, 0) is 235 Å². The summed E-state index contributed by atoms with van der Waals surface area (Å²) in [4.78, 5) is 199. The Hall–Kier alpha value is -10.5. The zero-order valence-electron chi connectivity index (χ0n) is 82.9. The maximum absolute atomic E-state index is 16.0. The number of aromatic hydroxyl groups is 1. The van der Waals surface area contributed by atoms with Crippen LogP contribution < -0.4 is 58.5 Å². The van der Waals surface area contributed by atoms with Gasteiger partial charge in [-0.25, -0.2) is 4.79 Å². The lowest BCUT2D eigenvalue weighted by molar-refractivity contribution is -0.151. The highest BCUT2D eigenvalue weighted by molar-refractivity contribution is 8.76. The Morgan fingerprint density at radius 1 is 0.698 bits per heavy atom. The molecule has 21 atom stereocenters. The number of Topliss-reactive ketones (excluding diaryl/α,β-unsaturated/α-hetero) is 1. The molecule has 31 nitrogen and oxygen atoms in total. The molecule has 0 aromatic heterocycles. The van der Waals surface area contributed by atoms with Crippen molar-refractivity contribution in [2.24, 2.45) is 58.2 Å². The Labute approximate surface area is 829 Å². The minimum absolute atomic E-state index is 0. The van der Waals surface area contributed by atoms with Gasteiger partial charge < -0.3 is 87.6 Å². The number of carbonyl (C=O) groups excluding carboxylic acids is 13. The summed E-state index contributed by atoms with van der Waals surface area (Å²) in [6, 6.07) is 4.79. The van der Waals surface area contributed by atoms with E-state index in [9.17, 15) is 34.2 Å². The third-order valence-corrected chi connectivity index (χ3v) is 33.0. The van der Waals surface area contributed by atoms with Crippen molar-refractivity contribution in [1.29, 1.82) is 0 Å². The lowest BCUT2D eigenvalue weighted by Gasteiger charge is -2.58. The van der Waals surface area contributed by atoms with Gasteiger partial charge in [0.1, 0.15) is 72.3 Å². The number of carbonyl (C=O) groups is 13. The monoisotopic (exact) mass is 1960 g/mol. The molecule has 3 aromatic rings. The summed E-state index contributed by atoms with van der Waals surface area (Å²) >= 11 is 0. The van der Waals surface area contributed by atoms with Crippen LogP contribution >= 0.6 is 21.6 Å². The van der Waals surface area contributed by atoms with Gasteiger partial charge in [0.15, 0.2) is 5.78 Å². The van der Waals surface area contributed by atoms with Crippen molar-refractivity contribution in [2.45, 2.75) is 302 Å². The molecule has 0 radical (unpaired) electrons. The molecule has 139 heavy (non-hydrogen) atoms. The quantitative estimate of drug-likeness (QED) is 0.0128. The first-order valence-corrected chi connectivity index (χ1v) is 53.0. The summed E-state index contributed by atoms with van der Waals surface area (Å²) in [6.07, 6.45) is 28.6. The fourth-order valence-corrected chi connectivity index (χ4v) is 25.4. The van der Waals surface area contributed by atoms with Crippen LogP contribution in [0.4, 0.5) is 4.79 Å². The van der Waals surface area contributed by atoms with E-state index in [2.05, 4.69) is 99.2 Å². The molecule has 3 saturated carbocycles. The Morgan fingerprint density at radius 2 is 1.42 bits per heavy atom. The van der Waals surface area contributed by atoms with Crippen molar-refractivity contribution in [1.82, 2.24) is 73.2 Å². The van der Waals surface area contributed by atoms with Crippen molar-refractivity contribution in [3.05, 3.63) is 150 Å². The Morgan fingerprint density at radius 3 is 2.16 bits per heavy atom. The molecule has 5 heterocycles. The fourth-order valence-electron chi connectivity index (χ4n) is 23.1. The van der Waals surface area contributed by atoms with Crippen LogP contribution in [0.5, 0.6) is 5.75 Å². The molecular weight excluding hydrogens is 1810 g/mol. The second-order valence-electron chi connectivity index (χ2n) is 42.4. The number of aliphatic hydroxyl groups is 1. The smallest absolute Gasteiger partial charge is 0.407 e. The van der Waals surface area contributed by atoms with Gasteiger partial charge in [-0.3, -0.25) is 62.9 Å². The molecule has 3 aromatic carbocycles. The van der Waals surface area contributed by atoms with Gasteiger partial charge in [-0.15, -0.1) is 0 Å². The number of alkyl carbamates (subject to hydrolysis) is 1. The number of allylic oxidation sites excluding steroid dienone is 4. The van der Waals surface area contributed by atoms with Crippen molar-refractivity contribution < 1.29 is 84.9 Å². The number of unbranched alkanes of at least 4 members (excludes halogenated alkanes) is 1. The zero-order valence-corrected chi connectivity index (χ0v) is 84.5. The number of hydrogen-bond donors (Lipinski definition) is 13. The van der Waals surface area contributed by atoms with Crippen molar-refractivity contribution in [3.63, 3.8) is 0 Å². The van der Waals surface area contributed by atoms with Gasteiger partial charge in [-0.1, -0.05) is 186 Å². The first-order chi connectivity index (χ1) is 66.3. The minimum atomic E-state index is -1.75. The van der Waals surface area contributed by atoms with Gasteiger partial charge >= 0.3 is 12.1 Å². The Kier molecular flexibility index (Phi) is 36.4. The number of phenols is 1. The zero-order chi connectivity index (χ0) is 99.7. The second-order valence-corrected chi connectivity index (χ2v) is 45.0. The lowest BCUT2D eigenvalue weighted by Crippen LogP contribution is -2.61. The first kappa shape index (κ1) is 106. The molecule has 5 aliphatic carbocycles. The molecule has 13 rings (SSSR count). The van der Waals surface area contributed by atoms with Gasteiger partial charge in [0, 0.05) is 78.0 Å². The van der Waals surface area contributed by atoms with Crippen LogP contribution in [0.25, 0.3) is 10.8 Å². The third kappa shape index (κ3) is 27.2. The topological polar surface area (TPSA) is 423 Å². The molecule has 21 unspecified atom stereocenters. The molecular formula is C106H152N14O17S2. The van der Waals surface area contributed by atoms with Crippen molar-refractivity contribution in [2.75, 3.05) is 51.3 Å². The highest BCUT2D eigenvalue weighted by Gasteiger charge is 2.60.